The Kier molecular flexibility index (Phi) is 3.34. The lowest BCUT2D eigenvalue weighted by Crippen LogP contribution is -2.02. The summed E-state index contributed by atoms with van der Waals surface area (Å²) in [4.78, 5) is 10.6. The minimum Gasteiger partial charge on any atom is -0.491 e. The molecule has 1 aromatic rings. The lowest BCUT2D eigenvalue weighted by Gasteiger charge is -2.08. The highest BCUT2D eigenvalue weighted by Gasteiger charge is 2.06. The number of carboxylic acid groups (broad SMARTS) is 1. The topological polar surface area (TPSA) is 72.5 Å². The number of carbonyl (C=O) groups is 1. The van der Waals surface area contributed by atoms with Gasteiger partial charge in [-0.1, -0.05) is 6.92 Å². The number of nitrogen functional groups attached to an aromatic ring is 1. The molecule has 0 fully saturated rings. The molecule has 0 spiro atoms. The molecule has 3 N–H and O–H groups in total. The van der Waals surface area contributed by atoms with Gasteiger partial charge in [-0.2, -0.15) is 0 Å². The third kappa shape index (κ3) is 2.39. The van der Waals surface area contributed by atoms with E-state index in [9.17, 15) is 4.79 Å². The number of rotatable bonds is 4. The Hall–Kier alpha value is -1.71. The molecule has 14 heavy (non-hydrogen) atoms. The summed E-state index contributed by atoms with van der Waals surface area (Å²) in [6, 6.07) is 4.43. The molecular formula is C10H13NO3. The second kappa shape index (κ2) is 4.50. The van der Waals surface area contributed by atoms with Crippen molar-refractivity contribution in [3.8, 4) is 5.75 Å². The Bertz CT molecular complexity index is 336. The summed E-state index contributed by atoms with van der Waals surface area (Å²) in [6.45, 7) is 2.50. The third-order valence-corrected chi connectivity index (χ3v) is 1.72. The zero-order valence-electron chi connectivity index (χ0n) is 7.99. The number of carboxylic acids is 1. The van der Waals surface area contributed by atoms with Gasteiger partial charge in [-0.15, -0.1) is 0 Å². The number of hydrogen-bond donors (Lipinski definition) is 2. The van der Waals surface area contributed by atoms with Crippen molar-refractivity contribution in [1.29, 1.82) is 0 Å². The van der Waals surface area contributed by atoms with E-state index in [0.29, 0.717) is 18.0 Å². The van der Waals surface area contributed by atoms with Crippen LogP contribution in [0.15, 0.2) is 18.2 Å². The van der Waals surface area contributed by atoms with E-state index >= 15 is 0 Å². The molecule has 1 aromatic carbocycles. The maximum atomic E-state index is 10.6. The van der Waals surface area contributed by atoms with E-state index in [1.807, 2.05) is 6.92 Å². The monoisotopic (exact) mass is 195 g/mol. The second-order valence-corrected chi connectivity index (χ2v) is 2.91. The van der Waals surface area contributed by atoms with E-state index in [1.54, 1.807) is 0 Å². The average molecular weight is 195 g/mol. The average Bonchev–Trinajstić information content (AvgIpc) is 2.16. The van der Waals surface area contributed by atoms with Gasteiger partial charge >= 0.3 is 5.97 Å². The number of anilines is 1. The van der Waals surface area contributed by atoms with Gasteiger partial charge in [-0.25, -0.2) is 4.79 Å². The fourth-order valence-corrected chi connectivity index (χ4v) is 1.00. The van der Waals surface area contributed by atoms with Gasteiger partial charge in [-0.3, -0.25) is 0 Å². The first-order valence-electron chi connectivity index (χ1n) is 4.40. The Morgan fingerprint density at radius 1 is 1.57 bits per heavy atom. The van der Waals surface area contributed by atoms with Gasteiger partial charge in [-0.05, 0) is 24.6 Å². The van der Waals surface area contributed by atoms with Gasteiger partial charge in [0.25, 0.3) is 0 Å². The van der Waals surface area contributed by atoms with Crippen molar-refractivity contribution in [3.63, 3.8) is 0 Å². The predicted molar refractivity (Wildman–Crippen MR) is 53.6 cm³/mol. The third-order valence-electron chi connectivity index (χ3n) is 1.72. The first kappa shape index (κ1) is 10.4. The molecule has 76 valence electrons. The molecule has 0 amide bonds. The summed E-state index contributed by atoms with van der Waals surface area (Å²) in [5, 5.41) is 8.73. The second-order valence-electron chi connectivity index (χ2n) is 2.91. The summed E-state index contributed by atoms with van der Waals surface area (Å²) in [5.41, 5.74) is 6.26. The number of ether oxygens (including phenoxy) is 1. The fourth-order valence-electron chi connectivity index (χ4n) is 1.00. The Morgan fingerprint density at radius 2 is 2.29 bits per heavy atom. The van der Waals surface area contributed by atoms with Gasteiger partial charge in [0.05, 0.1) is 17.9 Å². The molecule has 0 aliphatic carbocycles. The van der Waals surface area contributed by atoms with Gasteiger partial charge in [0.2, 0.25) is 0 Å². The molecule has 0 aliphatic heterocycles. The van der Waals surface area contributed by atoms with Gasteiger partial charge < -0.3 is 15.6 Å². The van der Waals surface area contributed by atoms with E-state index < -0.39 is 5.97 Å². The van der Waals surface area contributed by atoms with Crippen LogP contribution in [-0.4, -0.2) is 17.7 Å². The molecule has 0 atom stereocenters. The van der Waals surface area contributed by atoms with E-state index in [4.69, 9.17) is 15.6 Å². The van der Waals surface area contributed by atoms with Gasteiger partial charge in [0.15, 0.2) is 0 Å². The van der Waals surface area contributed by atoms with E-state index in [1.165, 1.54) is 18.2 Å². The molecule has 0 saturated carbocycles. The maximum Gasteiger partial charge on any atom is 0.335 e. The lowest BCUT2D eigenvalue weighted by atomic mass is 10.2. The molecule has 0 bridgehead atoms. The molecule has 0 aromatic heterocycles. The zero-order chi connectivity index (χ0) is 10.6. The van der Waals surface area contributed by atoms with Crippen molar-refractivity contribution in [1.82, 2.24) is 0 Å². The Balaban J connectivity index is 2.90. The first-order chi connectivity index (χ1) is 6.65. The van der Waals surface area contributed by atoms with Crippen molar-refractivity contribution < 1.29 is 14.6 Å². The predicted octanol–water partition coefficient (Wildman–Crippen LogP) is 1.76. The molecule has 4 heteroatoms. The Labute approximate surface area is 82.3 Å². The summed E-state index contributed by atoms with van der Waals surface area (Å²) in [6.07, 6.45) is 0.858. The summed E-state index contributed by atoms with van der Waals surface area (Å²) in [5.74, 6) is -0.543. The van der Waals surface area contributed by atoms with Crippen LogP contribution in [0.25, 0.3) is 0 Å². The number of hydrogen-bond acceptors (Lipinski definition) is 3. The largest absolute Gasteiger partial charge is 0.491 e. The van der Waals surface area contributed by atoms with Crippen molar-refractivity contribution in [2.75, 3.05) is 12.3 Å². The summed E-state index contributed by atoms with van der Waals surface area (Å²) in [7, 11) is 0. The smallest absolute Gasteiger partial charge is 0.335 e. The quantitative estimate of drug-likeness (QED) is 0.718. The number of nitrogens with two attached hydrogens (primary N) is 1. The number of benzene rings is 1. The van der Waals surface area contributed by atoms with Gasteiger partial charge in [0, 0.05) is 0 Å². The highest BCUT2D eigenvalue weighted by Crippen LogP contribution is 2.22. The highest BCUT2D eigenvalue weighted by atomic mass is 16.5. The summed E-state index contributed by atoms with van der Waals surface area (Å²) < 4.78 is 5.29. The summed E-state index contributed by atoms with van der Waals surface area (Å²) >= 11 is 0. The maximum absolute atomic E-state index is 10.6. The zero-order valence-corrected chi connectivity index (χ0v) is 7.99. The minimum atomic E-state index is -0.980. The van der Waals surface area contributed by atoms with Crippen LogP contribution >= 0.6 is 0 Å². The van der Waals surface area contributed by atoms with Crippen LogP contribution < -0.4 is 10.5 Å². The molecule has 1 rings (SSSR count). The normalized spacial score (nSPS) is 9.79. The van der Waals surface area contributed by atoms with Crippen LogP contribution in [0.5, 0.6) is 5.75 Å². The Morgan fingerprint density at radius 3 is 2.86 bits per heavy atom. The SMILES string of the molecule is CCCOc1cc(C(=O)O)ccc1N. The van der Waals surface area contributed by atoms with Crippen LogP contribution in [0.2, 0.25) is 0 Å². The van der Waals surface area contributed by atoms with Crippen LogP contribution in [-0.2, 0) is 0 Å². The molecule has 0 aliphatic rings. The molecule has 0 heterocycles. The van der Waals surface area contributed by atoms with Gasteiger partial charge in [0.1, 0.15) is 5.75 Å². The van der Waals surface area contributed by atoms with Crippen molar-refractivity contribution in [3.05, 3.63) is 23.8 Å². The standard InChI is InChI=1S/C10H13NO3/c1-2-5-14-9-6-7(10(12)13)3-4-8(9)11/h3-4,6H,2,5,11H2,1H3,(H,12,13). The molecule has 0 radical (unpaired) electrons. The van der Waals surface area contributed by atoms with Crippen LogP contribution in [0.1, 0.15) is 23.7 Å². The minimum absolute atomic E-state index is 0.185. The lowest BCUT2D eigenvalue weighted by molar-refractivity contribution is 0.0696. The van der Waals surface area contributed by atoms with Crippen LogP contribution in [0, 0.1) is 0 Å². The van der Waals surface area contributed by atoms with Crippen molar-refractivity contribution >= 4 is 11.7 Å². The number of aromatic carboxylic acids is 1. The molecule has 0 unspecified atom stereocenters. The molecule has 4 nitrogen and oxygen atoms in total. The molecule has 0 saturated heterocycles. The van der Waals surface area contributed by atoms with Crippen LogP contribution in [0.4, 0.5) is 5.69 Å². The molecular weight excluding hydrogens is 182 g/mol. The van der Waals surface area contributed by atoms with E-state index in [-0.39, 0.29) is 5.56 Å². The van der Waals surface area contributed by atoms with E-state index in [0.717, 1.165) is 6.42 Å². The fraction of sp³-hybridized carbons (Fsp3) is 0.300. The first-order valence-corrected chi connectivity index (χ1v) is 4.40. The van der Waals surface area contributed by atoms with Crippen molar-refractivity contribution in [2.45, 2.75) is 13.3 Å². The highest BCUT2D eigenvalue weighted by molar-refractivity contribution is 5.89. The van der Waals surface area contributed by atoms with Crippen molar-refractivity contribution in [2.24, 2.45) is 0 Å². The van der Waals surface area contributed by atoms with Crippen LogP contribution in [0.3, 0.4) is 0 Å². The van der Waals surface area contributed by atoms with E-state index in [2.05, 4.69) is 0 Å².